The molecule has 2 aliphatic rings. The second kappa shape index (κ2) is 9.62. The maximum atomic E-state index is 14.2. The Labute approximate surface area is 188 Å². The Morgan fingerprint density at radius 1 is 1.16 bits per heavy atom. The van der Waals surface area contributed by atoms with E-state index in [2.05, 4.69) is 9.88 Å². The van der Waals surface area contributed by atoms with Crippen LogP contribution in [0.3, 0.4) is 0 Å². The van der Waals surface area contributed by atoms with Crippen molar-refractivity contribution in [2.45, 2.75) is 50.4 Å². The lowest BCUT2D eigenvalue weighted by molar-refractivity contribution is -0.137. The smallest absolute Gasteiger partial charge is 0.417 e. The number of ether oxygens (including phenoxy) is 1. The zero-order chi connectivity index (χ0) is 22.2. The van der Waals surface area contributed by atoms with Crippen molar-refractivity contribution in [3.05, 3.63) is 58.5 Å². The number of alkyl halides is 3. The molecule has 0 atom stereocenters. The minimum absolute atomic E-state index is 0. The SMILES string of the molecule is Cl.O=C(O)c1cc(C2CC2)c(CN2CCC(Oc3ccc(C(F)(F)F)cn3)CC2)cc1F. The summed E-state index contributed by atoms with van der Waals surface area (Å²) in [6.45, 7) is 1.88. The van der Waals surface area contributed by atoms with Gasteiger partial charge >= 0.3 is 12.1 Å². The molecule has 1 aliphatic carbocycles. The fraction of sp³-hybridized carbons (Fsp3) is 0.455. The van der Waals surface area contributed by atoms with Gasteiger partial charge in [-0.05, 0) is 60.9 Å². The number of halogens is 5. The van der Waals surface area contributed by atoms with Crippen LogP contribution in [0.25, 0.3) is 0 Å². The Morgan fingerprint density at radius 3 is 2.38 bits per heavy atom. The number of carboxylic acids is 1. The van der Waals surface area contributed by atoms with Crippen LogP contribution >= 0.6 is 12.4 Å². The molecule has 1 aromatic heterocycles. The summed E-state index contributed by atoms with van der Waals surface area (Å²) in [5.41, 5.74) is 0.615. The number of likely N-dealkylation sites (tertiary alicyclic amines) is 1. The van der Waals surface area contributed by atoms with Crippen molar-refractivity contribution >= 4 is 18.4 Å². The van der Waals surface area contributed by atoms with Gasteiger partial charge in [0.25, 0.3) is 0 Å². The Balaban J connectivity index is 0.00000289. The standard InChI is InChI=1S/C22H22F4N2O3.ClH/c23-19-9-14(17(13-1-2-13)10-18(19)21(29)30)12-28-7-5-16(6-8-28)31-20-4-3-15(11-27-20)22(24,25)26;/h3-4,9-11,13,16H,1-2,5-8,12H2,(H,29,30);1H. The molecule has 0 radical (unpaired) electrons. The van der Waals surface area contributed by atoms with Gasteiger partial charge in [0.2, 0.25) is 5.88 Å². The topological polar surface area (TPSA) is 62.7 Å². The summed E-state index contributed by atoms with van der Waals surface area (Å²) < 4.78 is 57.8. The number of hydrogen-bond donors (Lipinski definition) is 1. The molecule has 32 heavy (non-hydrogen) atoms. The van der Waals surface area contributed by atoms with E-state index in [0.717, 1.165) is 36.2 Å². The number of carbonyl (C=O) groups is 1. The lowest BCUT2D eigenvalue weighted by atomic mass is 9.98. The third kappa shape index (κ3) is 5.69. The summed E-state index contributed by atoms with van der Waals surface area (Å²) in [6, 6.07) is 4.98. The zero-order valence-electron chi connectivity index (χ0n) is 17.1. The van der Waals surface area contributed by atoms with Crippen LogP contribution in [0.1, 0.15) is 58.6 Å². The molecule has 0 spiro atoms. The number of rotatable bonds is 6. The van der Waals surface area contributed by atoms with Crippen molar-refractivity contribution in [3.63, 3.8) is 0 Å². The second-order valence-electron chi connectivity index (χ2n) is 8.09. The lowest BCUT2D eigenvalue weighted by Gasteiger charge is -2.32. The van der Waals surface area contributed by atoms with Gasteiger partial charge in [-0.3, -0.25) is 4.90 Å². The van der Waals surface area contributed by atoms with E-state index in [9.17, 15) is 27.5 Å². The Morgan fingerprint density at radius 2 is 1.84 bits per heavy atom. The van der Waals surface area contributed by atoms with E-state index in [1.54, 1.807) is 0 Å². The van der Waals surface area contributed by atoms with E-state index in [1.165, 1.54) is 18.2 Å². The first kappa shape index (κ1) is 24.3. The number of pyridine rings is 1. The first-order valence-electron chi connectivity index (χ1n) is 10.2. The van der Waals surface area contributed by atoms with Gasteiger partial charge in [0, 0.05) is 31.9 Å². The molecule has 1 N–H and O–H groups in total. The molecule has 1 saturated heterocycles. The highest BCUT2D eigenvalue weighted by Crippen LogP contribution is 2.43. The first-order valence-corrected chi connectivity index (χ1v) is 10.2. The second-order valence-corrected chi connectivity index (χ2v) is 8.09. The molecule has 5 nitrogen and oxygen atoms in total. The predicted molar refractivity (Wildman–Crippen MR) is 111 cm³/mol. The van der Waals surface area contributed by atoms with Gasteiger partial charge in [-0.1, -0.05) is 0 Å². The van der Waals surface area contributed by atoms with Gasteiger partial charge in [0.15, 0.2) is 0 Å². The maximum absolute atomic E-state index is 14.2. The van der Waals surface area contributed by atoms with Crippen LogP contribution in [0.2, 0.25) is 0 Å². The molecular weight excluding hydrogens is 452 g/mol. The third-order valence-corrected chi connectivity index (χ3v) is 5.76. The molecule has 4 rings (SSSR count). The minimum Gasteiger partial charge on any atom is -0.478 e. The molecule has 174 valence electrons. The summed E-state index contributed by atoms with van der Waals surface area (Å²) in [5.74, 6) is -1.53. The van der Waals surface area contributed by atoms with Crippen molar-refractivity contribution in [2.75, 3.05) is 13.1 Å². The van der Waals surface area contributed by atoms with Crippen LogP contribution in [-0.2, 0) is 12.7 Å². The van der Waals surface area contributed by atoms with Crippen LogP contribution < -0.4 is 4.74 Å². The Hall–Kier alpha value is -2.39. The van der Waals surface area contributed by atoms with Gasteiger partial charge in [0.1, 0.15) is 11.9 Å². The van der Waals surface area contributed by atoms with Gasteiger partial charge in [-0.25, -0.2) is 14.2 Å². The fourth-order valence-corrected chi connectivity index (χ4v) is 3.92. The highest BCUT2D eigenvalue weighted by molar-refractivity contribution is 5.88. The monoisotopic (exact) mass is 474 g/mol. The molecule has 1 aliphatic heterocycles. The highest BCUT2D eigenvalue weighted by Gasteiger charge is 2.32. The quantitative estimate of drug-likeness (QED) is 0.577. The van der Waals surface area contributed by atoms with Crippen LogP contribution in [0.15, 0.2) is 30.5 Å². The van der Waals surface area contributed by atoms with Crippen LogP contribution in [0, 0.1) is 5.82 Å². The summed E-state index contributed by atoms with van der Waals surface area (Å²) in [6.07, 6.45) is -0.539. The molecular formula is C22H23ClF4N2O3. The predicted octanol–water partition coefficient (Wildman–Crippen LogP) is 5.28. The summed E-state index contributed by atoms with van der Waals surface area (Å²) in [5, 5.41) is 9.18. The van der Waals surface area contributed by atoms with Crippen molar-refractivity contribution < 1.29 is 32.2 Å². The van der Waals surface area contributed by atoms with Crippen LogP contribution in [0.5, 0.6) is 5.88 Å². The number of piperidine rings is 1. The van der Waals surface area contributed by atoms with E-state index < -0.39 is 23.5 Å². The Kier molecular flexibility index (Phi) is 7.29. The third-order valence-electron chi connectivity index (χ3n) is 5.76. The molecule has 10 heteroatoms. The number of benzene rings is 1. The van der Waals surface area contributed by atoms with Crippen molar-refractivity contribution in [2.24, 2.45) is 0 Å². The van der Waals surface area contributed by atoms with Crippen molar-refractivity contribution in [1.82, 2.24) is 9.88 Å². The molecule has 2 heterocycles. The largest absolute Gasteiger partial charge is 0.478 e. The molecule has 2 aromatic rings. The molecule has 0 bridgehead atoms. The van der Waals surface area contributed by atoms with Crippen LogP contribution in [0.4, 0.5) is 17.6 Å². The molecule has 1 saturated carbocycles. The number of carboxylic acid groups (broad SMARTS) is 1. The maximum Gasteiger partial charge on any atom is 0.417 e. The van der Waals surface area contributed by atoms with Gasteiger partial charge in [-0.2, -0.15) is 13.2 Å². The number of nitrogens with zero attached hydrogens (tertiary/aromatic N) is 2. The normalized spacial score (nSPS) is 17.6. The van der Waals surface area contributed by atoms with Crippen LogP contribution in [-0.4, -0.2) is 40.2 Å². The molecule has 2 fully saturated rings. The molecule has 0 unspecified atom stereocenters. The summed E-state index contributed by atoms with van der Waals surface area (Å²) in [4.78, 5) is 17.2. The van der Waals surface area contributed by atoms with E-state index >= 15 is 0 Å². The van der Waals surface area contributed by atoms with Gasteiger partial charge in [0.05, 0.1) is 11.1 Å². The number of aromatic carboxylic acids is 1. The lowest BCUT2D eigenvalue weighted by Crippen LogP contribution is -2.38. The first-order chi connectivity index (χ1) is 14.7. The van der Waals surface area contributed by atoms with Crippen molar-refractivity contribution in [1.29, 1.82) is 0 Å². The number of hydrogen-bond acceptors (Lipinski definition) is 4. The minimum atomic E-state index is -4.43. The molecule has 1 aromatic carbocycles. The summed E-state index contributed by atoms with van der Waals surface area (Å²) >= 11 is 0. The van der Waals surface area contributed by atoms with Gasteiger partial charge < -0.3 is 9.84 Å². The Bertz CT molecular complexity index is 957. The van der Waals surface area contributed by atoms with Crippen molar-refractivity contribution in [3.8, 4) is 5.88 Å². The van der Waals surface area contributed by atoms with E-state index in [4.69, 9.17) is 4.74 Å². The average molecular weight is 475 g/mol. The van der Waals surface area contributed by atoms with Gasteiger partial charge in [-0.15, -0.1) is 12.4 Å². The fourth-order valence-electron chi connectivity index (χ4n) is 3.92. The number of aromatic nitrogens is 1. The highest BCUT2D eigenvalue weighted by atomic mass is 35.5. The average Bonchev–Trinajstić information content (AvgIpc) is 3.54. The molecule has 0 amide bonds. The van der Waals surface area contributed by atoms with E-state index in [-0.39, 0.29) is 30.0 Å². The van der Waals surface area contributed by atoms with E-state index in [0.29, 0.717) is 38.4 Å². The van der Waals surface area contributed by atoms with E-state index in [1.807, 2.05) is 0 Å². The zero-order valence-corrected chi connectivity index (χ0v) is 17.9. The summed E-state index contributed by atoms with van der Waals surface area (Å²) in [7, 11) is 0.